The standard InChI is InChI=1S/C33H42N2O3/c1-22(2)23-11-12-26-25(21-23)29-28(30-32(26,3)13-8-14-33(30,4)31(36)37-5)24-9-6-7-10-27(24)35(29)16-15-34-17-19-38-20-18-34/h6-7,9-12,21-22,30H,8,13-20H2,1-5H3/t30-,32-,33-/m1/s1. The van der Waals surface area contributed by atoms with Crippen molar-refractivity contribution in [1.29, 1.82) is 0 Å². The van der Waals surface area contributed by atoms with Crippen LogP contribution in [-0.4, -0.2) is 55.4 Å². The van der Waals surface area contributed by atoms with Gasteiger partial charge in [0.1, 0.15) is 0 Å². The molecule has 3 atom stereocenters. The number of benzene rings is 2. The molecule has 202 valence electrons. The Morgan fingerprint density at radius 2 is 1.84 bits per heavy atom. The summed E-state index contributed by atoms with van der Waals surface area (Å²) in [5.74, 6) is 0.428. The second kappa shape index (κ2) is 9.53. The lowest BCUT2D eigenvalue weighted by Gasteiger charge is -2.54. The Balaban J connectivity index is 1.63. The minimum Gasteiger partial charge on any atom is -0.469 e. The van der Waals surface area contributed by atoms with Crippen LogP contribution in [0.2, 0.25) is 0 Å². The number of hydrogen-bond donors (Lipinski definition) is 0. The molecule has 1 saturated heterocycles. The lowest BCUT2D eigenvalue weighted by Crippen LogP contribution is -2.50. The van der Waals surface area contributed by atoms with Crippen molar-refractivity contribution in [2.45, 2.75) is 70.8 Å². The molecule has 1 aliphatic heterocycles. The number of para-hydroxylation sites is 1. The van der Waals surface area contributed by atoms with Crippen LogP contribution in [0.15, 0.2) is 42.5 Å². The molecule has 0 amide bonds. The van der Waals surface area contributed by atoms with Gasteiger partial charge in [0.15, 0.2) is 0 Å². The van der Waals surface area contributed by atoms with Gasteiger partial charge in [-0.15, -0.1) is 0 Å². The van der Waals surface area contributed by atoms with E-state index in [1.54, 1.807) is 7.11 Å². The highest BCUT2D eigenvalue weighted by atomic mass is 16.5. The number of fused-ring (bicyclic) bond motifs is 8. The lowest BCUT2D eigenvalue weighted by molar-refractivity contribution is -0.157. The Morgan fingerprint density at radius 1 is 1.08 bits per heavy atom. The molecule has 2 heterocycles. The van der Waals surface area contributed by atoms with Crippen LogP contribution in [0.5, 0.6) is 0 Å². The summed E-state index contributed by atoms with van der Waals surface area (Å²) >= 11 is 0. The molecule has 0 bridgehead atoms. The Bertz CT molecular complexity index is 1370. The first-order valence-corrected chi connectivity index (χ1v) is 14.4. The van der Waals surface area contributed by atoms with Gasteiger partial charge in [-0.3, -0.25) is 9.69 Å². The molecular weight excluding hydrogens is 472 g/mol. The number of methoxy groups -OCH3 is 1. The molecule has 0 radical (unpaired) electrons. The minimum absolute atomic E-state index is 0.0538. The minimum atomic E-state index is -0.579. The van der Waals surface area contributed by atoms with Crippen LogP contribution in [0.25, 0.3) is 22.2 Å². The highest BCUT2D eigenvalue weighted by Crippen LogP contribution is 2.65. The van der Waals surface area contributed by atoms with E-state index in [0.29, 0.717) is 5.92 Å². The first-order chi connectivity index (χ1) is 18.3. The normalized spacial score (nSPS) is 27.2. The van der Waals surface area contributed by atoms with Crippen molar-refractivity contribution in [3.8, 4) is 11.3 Å². The number of ether oxygens (including phenoxy) is 2. The quantitative estimate of drug-likeness (QED) is 0.366. The Labute approximate surface area is 227 Å². The fourth-order valence-electron chi connectivity index (χ4n) is 8.02. The van der Waals surface area contributed by atoms with E-state index in [0.717, 1.165) is 58.7 Å². The molecule has 6 rings (SSSR count). The van der Waals surface area contributed by atoms with Gasteiger partial charge in [0.05, 0.1) is 31.4 Å². The van der Waals surface area contributed by atoms with E-state index in [9.17, 15) is 4.79 Å². The van der Waals surface area contributed by atoms with Gasteiger partial charge in [-0.25, -0.2) is 0 Å². The maximum atomic E-state index is 13.6. The van der Waals surface area contributed by atoms with Crippen molar-refractivity contribution >= 4 is 16.9 Å². The third-order valence-corrected chi connectivity index (χ3v) is 9.94. The first kappa shape index (κ1) is 25.6. The van der Waals surface area contributed by atoms with Crippen LogP contribution in [0.3, 0.4) is 0 Å². The van der Waals surface area contributed by atoms with Gasteiger partial charge in [-0.05, 0) is 54.5 Å². The number of carbonyl (C=O) groups excluding carboxylic acids is 1. The van der Waals surface area contributed by atoms with E-state index in [1.165, 1.54) is 38.9 Å². The second-order valence-corrected chi connectivity index (χ2v) is 12.5. The van der Waals surface area contributed by atoms with E-state index < -0.39 is 5.41 Å². The topological polar surface area (TPSA) is 43.7 Å². The molecule has 38 heavy (non-hydrogen) atoms. The summed E-state index contributed by atoms with van der Waals surface area (Å²) in [7, 11) is 1.55. The number of hydrogen-bond acceptors (Lipinski definition) is 4. The molecule has 2 fully saturated rings. The molecule has 0 unspecified atom stereocenters. The van der Waals surface area contributed by atoms with E-state index in [4.69, 9.17) is 9.47 Å². The molecule has 5 nitrogen and oxygen atoms in total. The summed E-state index contributed by atoms with van der Waals surface area (Å²) in [6.07, 6.45) is 2.95. The van der Waals surface area contributed by atoms with Crippen molar-refractivity contribution in [1.82, 2.24) is 9.47 Å². The maximum Gasteiger partial charge on any atom is 0.312 e. The summed E-state index contributed by atoms with van der Waals surface area (Å²) in [4.78, 5) is 16.1. The molecular formula is C33H42N2O3. The van der Waals surface area contributed by atoms with E-state index >= 15 is 0 Å². The molecule has 2 aromatic carbocycles. The second-order valence-electron chi connectivity index (χ2n) is 12.5. The molecule has 1 aromatic heterocycles. The molecule has 3 aliphatic rings. The zero-order valence-electron chi connectivity index (χ0n) is 23.7. The third-order valence-electron chi connectivity index (χ3n) is 9.94. The fraction of sp³-hybridized carbons (Fsp3) is 0.545. The van der Waals surface area contributed by atoms with Gasteiger partial charge < -0.3 is 14.0 Å². The predicted octanol–water partition coefficient (Wildman–Crippen LogP) is 6.48. The van der Waals surface area contributed by atoms with Crippen LogP contribution in [0.1, 0.15) is 75.5 Å². The molecule has 5 heteroatoms. The Morgan fingerprint density at radius 3 is 2.58 bits per heavy atom. The van der Waals surface area contributed by atoms with Crippen LogP contribution in [0.4, 0.5) is 0 Å². The number of morpholine rings is 1. The van der Waals surface area contributed by atoms with Crippen LogP contribution in [-0.2, 0) is 26.2 Å². The summed E-state index contributed by atoms with van der Waals surface area (Å²) < 4.78 is 13.7. The first-order valence-electron chi connectivity index (χ1n) is 14.4. The SMILES string of the molecule is COC(=O)[C@]1(C)CCC[C@]2(C)c3ccc(C(C)C)cc3-c3c(c4ccccc4n3CCN3CCOCC3)[C@@H]12. The largest absolute Gasteiger partial charge is 0.469 e. The van der Waals surface area contributed by atoms with Crippen molar-refractivity contribution < 1.29 is 14.3 Å². The average molecular weight is 515 g/mol. The number of esters is 1. The van der Waals surface area contributed by atoms with E-state index in [1.807, 2.05) is 0 Å². The van der Waals surface area contributed by atoms with Gasteiger partial charge in [0, 0.05) is 54.0 Å². The monoisotopic (exact) mass is 514 g/mol. The van der Waals surface area contributed by atoms with Crippen molar-refractivity contribution in [2.75, 3.05) is 40.0 Å². The predicted molar refractivity (Wildman–Crippen MR) is 153 cm³/mol. The number of rotatable bonds is 5. The smallest absolute Gasteiger partial charge is 0.312 e. The Hall–Kier alpha value is -2.63. The molecule has 0 N–H and O–H groups in total. The molecule has 0 spiro atoms. The van der Waals surface area contributed by atoms with Gasteiger partial charge in [0.25, 0.3) is 0 Å². The van der Waals surface area contributed by atoms with Gasteiger partial charge in [0.2, 0.25) is 0 Å². The summed E-state index contributed by atoms with van der Waals surface area (Å²) in [6.45, 7) is 14.6. The van der Waals surface area contributed by atoms with Crippen molar-refractivity contribution in [2.24, 2.45) is 5.41 Å². The summed E-state index contributed by atoms with van der Waals surface area (Å²) in [5.41, 5.74) is 7.34. The molecule has 3 aromatic rings. The van der Waals surface area contributed by atoms with Crippen LogP contribution < -0.4 is 0 Å². The number of aromatic nitrogens is 1. The van der Waals surface area contributed by atoms with E-state index in [-0.39, 0.29) is 17.3 Å². The highest BCUT2D eigenvalue weighted by Gasteiger charge is 2.58. The van der Waals surface area contributed by atoms with Crippen LogP contribution >= 0.6 is 0 Å². The van der Waals surface area contributed by atoms with Gasteiger partial charge in [-0.2, -0.15) is 0 Å². The van der Waals surface area contributed by atoms with Crippen molar-refractivity contribution in [3.05, 3.63) is 59.2 Å². The summed E-state index contributed by atoms with van der Waals surface area (Å²) in [5, 5.41) is 1.29. The van der Waals surface area contributed by atoms with Gasteiger partial charge >= 0.3 is 5.97 Å². The maximum absolute atomic E-state index is 13.6. The van der Waals surface area contributed by atoms with E-state index in [2.05, 4.69) is 79.6 Å². The highest BCUT2D eigenvalue weighted by molar-refractivity contribution is 5.96. The zero-order valence-corrected chi connectivity index (χ0v) is 23.7. The average Bonchev–Trinajstić information content (AvgIpc) is 3.25. The third kappa shape index (κ3) is 3.76. The number of nitrogens with zero attached hydrogens (tertiary/aromatic N) is 2. The molecule has 1 saturated carbocycles. The molecule has 2 aliphatic carbocycles. The Kier molecular flexibility index (Phi) is 6.43. The fourth-order valence-corrected chi connectivity index (χ4v) is 8.02. The number of carbonyl (C=O) groups is 1. The van der Waals surface area contributed by atoms with Crippen LogP contribution in [0, 0.1) is 5.41 Å². The zero-order chi connectivity index (χ0) is 26.7. The summed E-state index contributed by atoms with van der Waals surface area (Å²) in [6, 6.07) is 16.0. The lowest BCUT2D eigenvalue weighted by atomic mass is 9.49. The van der Waals surface area contributed by atoms with Gasteiger partial charge in [-0.1, -0.05) is 57.5 Å². The van der Waals surface area contributed by atoms with Crippen molar-refractivity contribution in [3.63, 3.8) is 0 Å².